The van der Waals surface area contributed by atoms with E-state index in [9.17, 15) is 0 Å². The summed E-state index contributed by atoms with van der Waals surface area (Å²) in [6.45, 7) is 2.01. The Hall–Kier alpha value is -1.26. The molecule has 2 aromatic heterocycles. The second-order valence-electron chi connectivity index (χ2n) is 4.22. The molecule has 0 aliphatic carbocycles. The lowest BCUT2D eigenvalue weighted by molar-refractivity contribution is 0.567. The molecule has 0 aliphatic heterocycles. The van der Waals surface area contributed by atoms with Crippen molar-refractivity contribution >= 4 is 15.9 Å². The molecular weight excluding hydrogens is 290 g/mol. The summed E-state index contributed by atoms with van der Waals surface area (Å²) >= 11 is 3.39. The fraction of sp³-hybridized carbons (Fsp3) is 0.286. The van der Waals surface area contributed by atoms with Gasteiger partial charge in [0.15, 0.2) is 0 Å². The van der Waals surface area contributed by atoms with Gasteiger partial charge in [0.1, 0.15) is 0 Å². The highest BCUT2D eigenvalue weighted by Crippen LogP contribution is 2.16. The topological polar surface area (TPSA) is 37.8 Å². The Labute approximate surface area is 116 Å². The summed E-state index contributed by atoms with van der Waals surface area (Å²) < 4.78 is 1.00. The Bertz CT molecular complexity index is 511. The lowest BCUT2D eigenvalue weighted by atomic mass is 10.1. The van der Waals surface area contributed by atoms with Crippen molar-refractivity contribution in [2.45, 2.75) is 19.4 Å². The summed E-state index contributed by atoms with van der Waals surface area (Å²) in [6.07, 6.45) is 2.66. The maximum absolute atomic E-state index is 4.56. The minimum atomic E-state index is 0.193. The van der Waals surface area contributed by atoms with Gasteiger partial charge in [-0.05, 0) is 54.2 Å². The average molecular weight is 306 g/mol. The molecule has 94 valence electrons. The minimum absolute atomic E-state index is 0.193. The molecule has 0 fully saturated rings. The highest BCUT2D eigenvalue weighted by atomic mass is 79.9. The Kier molecular flexibility index (Phi) is 4.44. The van der Waals surface area contributed by atoms with Crippen molar-refractivity contribution < 1.29 is 0 Å². The van der Waals surface area contributed by atoms with Crippen molar-refractivity contribution in [2.75, 3.05) is 7.05 Å². The summed E-state index contributed by atoms with van der Waals surface area (Å²) in [4.78, 5) is 8.96. The number of hydrogen-bond donors (Lipinski definition) is 1. The molecule has 1 unspecified atom stereocenters. The van der Waals surface area contributed by atoms with Crippen molar-refractivity contribution in [3.8, 4) is 0 Å². The highest BCUT2D eigenvalue weighted by Gasteiger charge is 2.12. The van der Waals surface area contributed by atoms with Crippen LogP contribution in [0.1, 0.15) is 23.1 Å². The number of halogens is 1. The van der Waals surface area contributed by atoms with Crippen molar-refractivity contribution in [3.63, 3.8) is 0 Å². The monoisotopic (exact) mass is 305 g/mol. The largest absolute Gasteiger partial charge is 0.311 e. The number of likely N-dealkylation sites (N-methyl/N-ethyl adjacent to an activating group) is 1. The molecule has 18 heavy (non-hydrogen) atoms. The first-order chi connectivity index (χ1) is 8.69. The number of aromatic nitrogens is 2. The van der Waals surface area contributed by atoms with Gasteiger partial charge in [-0.2, -0.15) is 0 Å². The molecule has 0 aromatic carbocycles. The van der Waals surface area contributed by atoms with Crippen LogP contribution in [-0.2, 0) is 6.42 Å². The molecule has 0 spiro atoms. The molecule has 0 aliphatic rings. The highest BCUT2D eigenvalue weighted by molar-refractivity contribution is 9.10. The summed E-state index contributed by atoms with van der Waals surface area (Å²) in [5, 5.41) is 3.29. The van der Waals surface area contributed by atoms with E-state index in [1.165, 1.54) is 0 Å². The SMILES string of the molecule is CNC(Cc1ccc(Br)cn1)c1cccc(C)n1. The van der Waals surface area contributed by atoms with E-state index >= 15 is 0 Å². The third-order valence-corrected chi connectivity index (χ3v) is 3.29. The molecule has 1 N–H and O–H groups in total. The van der Waals surface area contributed by atoms with Crippen LogP contribution in [0.4, 0.5) is 0 Å². The van der Waals surface area contributed by atoms with Gasteiger partial charge in [0, 0.05) is 28.5 Å². The zero-order valence-corrected chi connectivity index (χ0v) is 12.1. The maximum Gasteiger partial charge on any atom is 0.0580 e. The molecule has 1 atom stereocenters. The molecule has 0 saturated heterocycles. The quantitative estimate of drug-likeness (QED) is 0.943. The van der Waals surface area contributed by atoms with Gasteiger partial charge in [-0.1, -0.05) is 6.07 Å². The molecular formula is C14H16BrN3. The molecule has 0 bridgehead atoms. The smallest absolute Gasteiger partial charge is 0.0580 e. The number of nitrogens with one attached hydrogen (secondary N) is 1. The molecule has 2 rings (SSSR count). The van der Waals surface area contributed by atoms with E-state index in [4.69, 9.17) is 0 Å². The first-order valence-corrected chi connectivity index (χ1v) is 6.69. The van der Waals surface area contributed by atoms with Gasteiger partial charge < -0.3 is 5.32 Å². The molecule has 0 saturated carbocycles. The summed E-state index contributed by atoms with van der Waals surface area (Å²) in [6, 6.07) is 10.3. The van der Waals surface area contributed by atoms with E-state index in [-0.39, 0.29) is 6.04 Å². The normalized spacial score (nSPS) is 12.4. The predicted octanol–water partition coefficient (Wildman–Crippen LogP) is 3.05. The van der Waals surface area contributed by atoms with Crippen LogP contribution in [0.3, 0.4) is 0 Å². The first-order valence-electron chi connectivity index (χ1n) is 5.90. The van der Waals surface area contributed by atoms with Gasteiger partial charge >= 0.3 is 0 Å². The van der Waals surface area contributed by atoms with Crippen LogP contribution in [0, 0.1) is 6.92 Å². The van der Waals surface area contributed by atoms with Crippen LogP contribution in [0.2, 0.25) is 0 Å². The third kappa shape index (κ3) is 3.37. The van der Waals surface area contributed by atoms with Gasteiger partial charge in [0.05, 0.1) is 11.7 Å². The fourth-order valence-corrected chi connectivity index (χ4v) is 2.08. The van der Waals surface area contributed by atoms with E-state index in [1.54, 1.807) is 0 Å². The summed E-state index contributed by atoms with van der Waals surface area (Å²) in [5.74, 6) is 0. The van der Waals surface area contributed by atoms with E-state index in [0.29, 0.717) is 0 Å². The zero-order valence-electron chi connectivity index (χ0n) is 10.5. The average Bonchev–Trinajstić information content (AvgIpc) is 2.38. The van der Waals surface area contributed by atoms with Gasteiger partial charge in [0.25, 0.3) is 0 Å². The second kappa shape index (κ2) is 6.07. The predicted molar refractivity (Wildman–Crippen MR) is 76.4 cm³/mol. The van der Waals surface area contributed by atoms with Crippen LogP contribution in [0.25, 0.3) is 0 Å². The summed E-state index contributed by atoms with van der Waals surface area (Å²) in [5.41, 5.74) is 3.15. The maximum atomic E-state index is 4.56. The Balaban J connectivity index is 2.17. The molecule has 0 radical (unpaired) electrons. The van der Waals surface area contributed by atoms with E-state index in [1.807, 2.05) is 50.5 Å². The Morgan fingerprint density at radius 1 is 1.28 bits per heavy atom. The lowest BCUT2D eigenvalue weighted by Crippen LogP contribution is -2.20. The van der Waals surface area contributed by atoms with Crippen LogP contribution in [-0.4, -0.2) is 17.0 Å². The van der Waals surface area contributed by atoms with E-state index < -0.39 is 0 Å². The van der Waals surface area contributed by atoms with Crippen molar-refractivity contribution in [3.05, 3.63) is 58.1 Å². The number of hydrogen-bond acceptors (Lipinski definition) is 3. The standard InChI is InChI=1S/C14H16BrN3/c1-10-4-3-5-13(18-10)14(16-2)8-12-7-6-11(15)9-17-12/h3-7,9,14,16H,8H2,1-2H3. The number of nitrogens with zero attached hydrogens (tertiary/aromatic N) is 2. The van der Waals surface area contributed by atoms with Crippen molar-refractivity contribution in [1.29, 1.82) is 0 Å². The van der Waals surface area contributed by atoms with Gasteiger partial charge in [-0.3, -0.25) is 9.97 Å². The molecule has 0 amide bonds. The number of pyridine rings is 2. The Morgan fingerprint density at radius 2 is 2.11 bits per heavy atom. The Morgan fingerprint density at radius 3 is 2.72 bits per heavy atom. The fourth-order valence-electron chi connectivity index (χ4n) is 1.85. The number of rotatable bonds is 4. The van der Waals surface area contributed by atoms with Gasteiger partial charge in [-0.15, -0.1) is 0 Å². The number of aryl methyl sites for hydroxylation is 1. The van der Waals surface area contributed by atoms with Crippen LogP contribution < -0.4 is 5.32 Å². The molecule has 3 nitrogen and oxygen atoms in total. The van der Waals surface area contributed by atoms with Crippen molar-refractivity contribution in [2.24, 2.45) is 0 Å². The van der Waals surface area contributed by atoms with Crippen LogP contribution >= 0.6 is 15.9 Å². The van der Waals surface area contributed by atoms with Crippen molar-refractivity contribution in [1.82, 2.24) is 15.3 Å². The summed E-state index contributed by atoms with van der Waals surface area (Å²) in [7, 11) is 1.95. The van der Waals surface area contributed by atoms with Crippen LogP contribution in [0.15, 0.2) is 41.0 Å². The minimum Gasteiger partial charge on any atom is -0.311 e. The first kappa shape index (κ1) is 13.2. The second-order valence-corrected chi connectivity index (χ2v) is 5.13. The van der Waals surface area contributed by atoms with Crippen LogP contribution in [0.5, 0.6) is 0 Å². The third-order valence-electron chi connectivity index (χ3n) is 2.82. The zero-order chi connectivity index (χ0) is 13.0. The molecule has 2 aromatic rings. The molecule has 4 heteroatoms. The lowest BCUT2D eigenvalue weighted by Gasteiger charge is -2.15. The van der Waals surface area contributed by atoms with Gasteiger partial charge in [-0.25, -0.2) is 0 Å². The van der Waals surface area contributed by atoms with E-state index in [2.05, 4.69) is 31.2 Å². The molecule has 2 heterocycles. The van der Waals surface area contributed by atoms with E-state index in [0.717, 1.165) is 28.0 Å². The van der Waals surface area contributed by atoms with Gasteiger partial charge in [0.2, 0.25) is 0 Å².